The molecular weight excluding hydrogens is 357 g/mol. The number of hydrogen-bond acceptors (Lipinski definition) is 3. The molecule has 0 aliphatic carbocycles. The molecule has 0 radical (unpaired) electrons. The molecule has 2 N–H and O–H groups in total. The van der Waals surface area contributed by atoms with Gasteiger partial charge < -0.3 is 15.4 Å². The Balaban J connectivity index is 0.00000324. The average Bonchev–Trinajstić information content (AvgIpc) is 2.59. The number of aromatic nitrogens is 2. The molecule has 0 aromatic carbocycles. The van der Waals surface area contributed by atoms with Crippen LogP contribution in [0.5, 0.6) is 0 Å². The van der Waals surface area contributed by atoms with Crippen LogP contribution in [0.2, 0.25) is 0 Å². The number of aliphatic imine (C=N–C) groups is 1. The molecule has 7 heteroatoms. The number of nitrogens with zero attached hydrogens (tertiary/aromatic N) is 3. The Morgan fingerprint density at radius 1 is 1.37 bits per heavy atom. The highest BCUT2D eigenvalue weighted by atomic mass is 127. The van der Waals surface area contributed by atoms with Crippen molar-refractivity contribution in [2.24, 2.45) is 12.0 Å². The van der Waals surface area contributed by atoms with Crippen molar-refractivity contribution in [1.29, 1.82) is 0 Å². The van der Waals surface area contributed by atoms with Gasteiger partial charge in [0.25, 0.3) is 0 Å². The molecule has 0 atom stereocenters. The molecule has 19 heavy (non-hydrogen) atoms. The van der Waals surface area contributed by atoms with E-state index in [4.69, 9.17) is 4.74 Å². The fraction of sp³-hybridized carbons (Fsp3) is 0.667. The molecule has 1 rings (SSSR count). The van der Waals surface area contributed by atoms with Crippen molar-refractivity contribution in [2.45, 2.75) is 20.4 Å². The lowest BCUT2D eigenvalue weighted by atomic mass is 10.2. The molecule has 0 bridgehead atoms. The summed E-state index contributed by atoms with van der Waals surface area (Å²) in [6.45, 7) is 6.20. The summed E-state index contributed by atoms with van der Waals surface area (Å²) in [7, 11) is 5.39. The number of aryl methyl sites for hydroxylation is 2. The molecule has 0 aliphatic rings. The number of hydrogen-bond donors (Lipinski definition) is 2. The van der Waals surface area contributed by atoms with Gasteiger partial charge in [-0.2, -0.15) is 5.10 Å². The van der Waals surface area contributed by atoms with Crippen LogP contribution in [0.3, 0.4) is 0 Å². The van der Waals surface area contributed by atoms with Gasteiger partial charge in [0, 0.05) is 45.6 Å². The summed E-state index contributed by atoms with van der Waals surface area (Å²) in [5, 5.41) is 10.8. The average molecular weight is 381 g/mol. The lowest BCUT2D eigenvalue weighted by Gasteiger charge is -2.11. The molecule has 110 valence electrons. The molecule has 1 heterocycles. The number of nitrogens with one attached hydrogen (secondary N) is 2. The van der Waals surface area contributed by atoms with Crippen LogP contribution in [0, 0.1) is 13.8 Å². The number of ether oxygens (including phenoxy) is 1. The highest BCUT2D eigenvalue weighted by molar-refractivity contribution is 14.0. The second-order valence-electron chi connectivity index (χ2n) is 4.12. The maximum Gasteiger partial charge on any atom is 0.191 e. The molecule has 1 aromatic rings. The Morgan fingerprint density at radius 3 is 2.53 bits per heavy atom. The van der Waals surface area contributed by atoms with Gasteiger partial charge in [-0.25, -0.2) is 0 Å². The molecule has 1 aromatic heterocycles. The second-order valence-corrected chi connectivity index (χ2v) is 4.12. The van der Waals surface area contributed by atoms with Gasteiger partial charge in [0.1, 0.15) is 0 Å². The van der Waals surface area contributed by atoms with Crippen molar-refractivity contribution in [1.82, 2.24) is 20.4 Å². The zero-order valence-electron chi connectivity index (χ0n) is 12.3. The summed E-state index contributed by atoms with van der Waals surface area (Å²) >= 11 is 0. The Hall–Kier alpha value is -0.830. The number of methoxy groups -OCH3 is 1. The summed E-state index contributed by atoms with van der Waals surface area (Å²) in [5.41, 5.74) is 3.44. The van der Waals surface area contributed by atoms with Gasteiger partial charge in [-0.1, -0.05) is 0 Å². The van der Waals surface area contributed by atoms with Crippen molar-refractivity contribution in [2.75, 3.05) is 27.3 Å². The highest BCUT2D eigenvalue weighted by Gasteiger charge is 2.09. The van der Waals surface area contributed by atoms with E-state index in [2.05, 4.69) is 27.6 Å². The monoisotopic (exact) mass is 381 g/mol. The topological polar surface area (TPSA) is 63.5 Å². The van der Waals surface area contributed by atoms with E-state index in [1.54, 1.807) is 14.2 Å². The highest BCUT2D eigenvalue weighted by Crippen LogP contribution is 2.10. The largest absolute Gasteiger partial charge is 0.383 e. The van der Waals surface area contributed by atoms with E-state index in [1.807, 2.05) is 18.7 Å². The molecule has 0 unspecified atom stereocenters. The van der Waals surface area contributed by atoms with Crippen LogP contribution in [0.15, 0.2) is 4.99 Å². The van der Waals surface area contributed by atoms with Crippen LogP contribution in [0.4, 0.5) is 0 Å². The van der Waals surface area contributed by atoms with Gasteiger partial charge in [0.2, 0.25) is 0 Å². The van der Waals surface area contributed by atoms with Crippen molar-refractivity contribution < 1.29 is 4.74 Å². The van der Waals surface area contributed by atoms with E-state index < -0.39 is 0 Å². The van der Waals surface area contributed by atoms with Gasteiger partial charge in [-0.3, -0.25) is 9.67 Å². The van der Waals surface area contributed by atoms with Crippen LogP contribution in [0.1, 0.15) is 17.0 Å². The Morgan fingerprint density at radius 2 is 2.05 bits per heavy atom. The van der Waals surface area contributed by atoms with Gasteiger partial charge in [-0.15, -0.1) is 24.0 Å². The van der Waals surface area contributed by atoms with Gasteiger partial charge >= 0.3 is 0 Å². The first-order valence-corrected chi connectivity index (χ1v) is 6.02. The maximum atomic E-state index is 4.98. The molecule has 0 aliphatic heterocycles. The smallest absolute Gasteiger partial charge is 0.191 e. The Kier molecular flexibility index (Phi) is 8.73. The Bertz CT molecular complexity index is 416. The summed E-state index contributed by atoms with van der Waals surface area (Å²) in [5.74, 6) is 0.773. The summed E-state index contributed by atoms with van der Waals surface area (Å²) < 4.78 is 6.88. The van der Waals surface area contributed by atoms with E-state index in [0.717, 1.165) is 24.7 Å². The quantitative estimate of drug-likeness (QED) is 0.345. The van der Waals surface area contributed by atoms with Crippen molar-refractivity contribution in [3.05, 3.63) is 17.0 Å². The van der Waals surface area contributed by atoms with E-state index in [9.17, 15) is 0 Å². The predicted molar refractivity (Wildman–Crippen MR) is 88.2 cm³/mol. The predicted octanol–water partition coefficient (Wildman–Crippen LogP) is 0.966. The molecular formula is C12H24IN5O. The molecule has 0 saturated carbocycles. The van der Waals surface area contributed by atoms with Crippen molar-refractivity contribution in [3.63, 3.8) is 0 Å². The van der Waals surface area contributed by atoms with Crippen molar-refractivity contribution in [3.8, 4) is 0 Å². The first-order chi connectivity index (χ1) is 8.60. The summed E-state index contributed by atoms with van der Waals surface area (Å²) in [4.78, 5) is 4.15. The van der Waals surface area contributed by atoms with E-state index in [-0.39, 0.29) is 24.0 Å². The summed E-state index contributed by atoms with van der Waals surface area (Å²) in [6, 6.07) is 0. The molecule has 0 spiro atoms. The minimum atomic E-state index is 0. The van der Waals surface area contributed by atoms with Crippen LogP contribution in [-0.2, 0) is 18.3 Å². The first-order valence-electron chi connectivity index (χ1n) is 6.02. The molecule has 0 saturated heterocycles. The minimum absolute atomic E-state index is 0. The van der Waals surface area contributed by atoms with Crippen LogP contribution in [0.25, 0.3) is 0 Å². The second kappa shape index (κ2) is 9.13. The standard InChI is InChI=1S/C12H23N5O.HI/c1-9-11(10(2)17(4)16-9)8-15-12(13-3)14-6-7-18-5;/h6-8H2,1-5H3,(H2,13,14,15);1H. The fourth-order valence-corrected chi connectivity index (χ4v) is 1.74. The van der Waals surface area contributed by atoms with Crippen LogP contribution in [-0.4, -0.2) is 43.0 Å². The third kappa shape index (κ3) is 5.35. The fourth-order valence-electron chi connectivity index (χ4n) is 1.74. The van der Waals surface area contributed by atoms with Gasteiger partial charge in [0.15, 0.2) is 5.96 Å². The zero-order chi connectivity index (χ0) is 13.5. The minimum Gasteiger partial charge on any atom is -0.383 e. The SMILES string of the molecule is CN=C(NCCOC)NCc1c(C)nn(C)c1C.I. The number of rotatable bonds is 5. The molecule has 0 amide bonds. The van der Waals surface area contributed by atoms with Crippen molar-refractivity contribution >= 4 is 29.9 Å². The third-order valence-corrected chi connectivity index (χ3v) is 2.91. The van der Waals surface area contributed by atoms with Crippen LogP contribution < -0.4 is 10.6 Å². The van der Waals surface area contributed by atoms with E-state index >= 15 is 0 Å². The number of halogens is 1. The summed E-state index contributed by atoms with van der Waals surface area (Å²) in [6.07, 6.45) is 0. The van der Waals surface area contributed by atoms with Gasteiger partial charge in [-0.05, 0) is 13.8 Å². The van der Waals surface area contributed by atoms with Crippen LogP contribution >= 0.6 is 24.0 Å². The van der Waals surface area contributed by atoms with E-state index in [0.29, 0.717) is 6.61 Å². The van der Waals surface area contributed by atoms with Gasteiger partial charge in [0.05, 0.1) is 12.3 Å². The molecule has 0 fully saturated rings. The lowest BCUT2D eigenvalue weighted by molar-refractivity contribution is 0.203. The van der Waals surface area contributed by atoms with E-state index in [1.165, 1.54) is 11.3 Å². The lowest BCUT2D eigenvalue weighted by Crippen LogP contribution is -2.38. The Labute approximate surface area is 132 Å². The first kappa shape index (κ1) is 18.2. The zero-order valence-corrected chi connectivity index (χ0v) is 14.6. The maximum absolute atomic E-state index is 4.98. The molecule has 6 nitrogen and oxygen atoms in total. The number of guanidine groups is 1. The third-order valence-electron chi connectivity index (χ3n) is 2.91. The normalized spacial score (nSPS) is 11.1.